The summed E-state index contributed by atoms with van der Waals surface area (Å²) in [4.78, 5) is 8.34. The molecule has 2 aromatic carbocycles. The summed E-state index contributed by atoms with van der Waals surface area (Å²) >= 11 is 11.9. The number of anilines is 1. The minimum atomic E-state index is -4.02. The van der Waals surface area contributed by atoms with Gasteiger partial charge in [-0.25, -0.2) is 18.4 Å². The molecule has 6 nitrogen and oxygen atoms in total. The maximum atomic E-state index is 12.6. The Morgan fingerprint density at radius 2 is 1.67 bits per heavy atom. The molecule has 0 amide bonds. The molecule has 1 aromatic heterocycles. The van der Waals surface area contributed by atoms with E-state index in [1.807, 2.05) is 0 Å². The van der Waals surface area contributed by atoms with Gasteiger partial charge in [0.15, 0.2) is 0 Å². The van der Waals surface area contributed by atoms with E-state index in [0.717, 1.165) is 0 Å². The van der Waals surface area contributed by atoms with Crippen LogP contribution in [0.15, 0.2) is 47.4 Å². The lowest BCUT2D eigenvalue weighted by atomic mass is 10.3. The normalized spacial score (nSPS) is 11.5. The highest BCUT2D eigenvalue weighted by atomic mass is 35.5. The summed E-state index contributed by atoms with van der Waals surface area (Å²) in [6, 6.07) is 11.4. The highest BCUT2D eigenvalue weighted by molar-refractivity contribution is 7.92. The Labute approximate surface area is 148 Å². The summed E-state index contributed by atoms with van der Waals surface area (Å²) in [7, 11) is -2.64. The molecule has 9 heteroatoms. The highest BCUT2D eigenvalue weighted by Crippen LogP contribution is 2.31. The average Bonchev–Trinajstić information content (AvgIpc) is 2.56. The molecular weight excluding hydrogens is 373 g/mol. The molecule has 0 spiro atoms. The lowest BCUT2D eigenvalue weighted by Crippen LogP contribution is -2.16. The van der Waals surface area contributed by atoms with Crippen molar-refractivity contribution in [2.24, 2.45) is 0 Å². The van der Waals surface area contributed by atoms with E-state index in [2.05, 4.69) is 14.7 Å². The number of para-hydroxylation sites is 2. The second-order valence-electron chi connectivity index (χ2n) is 4.73. The van der Waals surface area contributed by atoms with Crippen LogP contribution >= 0.6 is 23.2 Å². The third-order valence-corrected chi connectivity index (χ3v) is 5.48. The minimum absolute atomic E-state index is 0.0350. The van der Waals surface area contributed by atoms with Gasteiger partial charge in [0.1, 0.15) is 4.90 Å². The largest absolute Gasteiger partial charge is 0.478 e. The van der Waals surface area contributed by atoms with Crippen LogP contribution < -0.4 is 9.46 Å². The van der Waals surface area contributed by atoms with Crippen LogP contribution in [0, 0.1) is 0 Å². The molecule has 0 radical (unpaired) electrons. The number of benzene rings is 2. The van der Waals surface area contributed by atoms with E-state index in [4.69, 9.17) is 27.9 Å². The zero-order valence-corrected chi connectivity index (χ0v) is 14.7. The van der Waals surface area contributed by atoms with Crippen molar-refractivity contribution >= 4 is 50.1 Å². The standard InChI is InChI=1S/C15H11Cl2N3O3S/c1-23-15-14(18-10-6-2-3-7-11(10)19-15)20-24(21,22)12-8-4-5-9(16)13(12)17/h2-8H,1H3,(H,18,20). The van der Waals surface area contributed by atoms with Gasteiger partial charge in [-0.05, 0) is 24.3 Å². The minimum Gasteiger partial charge on any atom is -0.478 e. The van der Waals surface area contributed by atoms with E-state index in [1.54, 1.807) is 24.3 Å². The Hall–Kier alpha value is -2.09. The first-order valence-corrected chi connectivity index (χ1v) is 8.94. The van der Waals surface area contributed by atoms with Gasteiger partial charge in [-0.1, -0.05) is 41.4 Å². The number of fused-ring (bicyclic) bond motifs is 1. The molecule has 0 bridgehead atoms. The zero-order valence-electron chi connectivity index (χ0n) is 12.3. The third-order valence-electron chi connectivity index (χ3n) is 3.17. The Kier molecular flexibility index (Phi) is 4.49. The second kappa shape index (κ2) is 6.43. The van der Waals surface area contributed by atoms with Crippen LogP contribution in [0.5, 0.6) is 5.88 Å². The monoisotopic (exact) mass is 383 g/mol. The molecule has 0 saturated carbocycles. The van der Waals surface area contributed by atoms with Gasteiger partial charge in [-0.2, -0.15) is 0 Å². The van der Waals surface area contributed by atoms with Crippen molar-refractivity contribution in [3.63, 3.8) is 0 Å². The lowest BCUT2D eigenvalue weighted by molar-refractivity contribution is 0.400. The summed E-state index contributed by atoms with van der Waals surface area (Å²) in [5, 5.41) is 0.0653. The molecule has 0 saturated heterocycles. The van der Waals surface area contributed by atoms with Gasteiger partial charge in [0.25, 0.3) is 15.9 Å². The van der Waals surface area contributed by atoms with E-state index < -0.39 is 10.0 Å². The molecule has 124 valence electrons. The van der Waals surface area contributed by atoms with Gasteiger partial charge in [0, 0.05) is 0 Å². The van der Waals surface area contributed by atoms with Gasteiger partial charge < -0.3 is 4.74 Å². The predicted molar refractivity (Wildman–Crippen MR) is 93.4 cm³/mol. The summed E-state index contributed by atoms with van der Waals surface area (Å²) in [6.07, 6.45) is 0. The lowest BCUT2D eigenvalue weighted by Gasteiger charge is -2.12. The molecule has 3 rings (SSSR count). The molecule has 0 aliphatic rings. The predicted octanol–water partition coefficient (Wildman–Crippen LogP) is 3.75. The van der Waals surface area contributed by atoms with Crippen molar-refractivity contribution in [1.82, 2.24) is 9.97 Å². The summed E-state index contributed by atoms with van der Waals surface area (Å²) < 4.78 is 32.7. The molecule has 24 heavy (non-hydrogen) atoms. The number of halogens is 2. The van der Waals surface area contributed by atoms with Gasteiger partial charge in [-0.3, -0.25) is 4.72 Å². The summed E-state index contributed by atoms with van der Waals surface area (Å²) in [5.74, 6) is 0.0164. The van der Waals surface area contributed by atoms with Crippen LogP contribution in [0.4, 0.5) is 5.82 Å². The van der Waals surface area contributed by atoms with Crippen molar-refractivity contribution in [1.29, 1.82) is 0 Å². The number of nitrogens with zero attached hydrogens (tertiary/aromatic N) is 2. The van der Waals surface area contributed by atoms with E-state index in [-0.39, 0.29) is 26.6 Å². The second-order valence-corrected chi connectivity index (χ2v) is 7.16. The molecular formula is C15H11Cl2N3O3S. The molecule has 0 unspecified atom stereocenters. The van der Waals surface area contributed by atoms with Crippen molar-refractivity contribution in [3.05, 3.63) is 52.5 Å². The Morgan fingerprint density at radius 3 is 2.33 bits per heavy atom. The zero-order chi connectivity index (χ0) is 17.3. The van der Waals surface area contributed by atoms with Crippen molar-refractivity contribution in [2.45, 2.75) is 4.90 Å². The van der Waals surface area contributed by atoms with Crippen molar-refractivity contribution in [3.8, 4) is 5.88 Å². The first kappa shape index (κ1) is 16.8. The molecule has 0 atom stereocenters. The van der Waals surface area contributed by atoms with Crippen LogP contribution in [0.25, 0.3) is 11.0 Å². The smallest absolute Gasteiger partial charge is 0.264 e. The van der Waals surface area contributed by atoms with Crippen LogP contribution in [0.3, 0.4) is 0 Å². The Balaban J connectivity index is 2.09. The molecule has 3 aromatic rings. The number of methoxy groups -OCH3 is 1. The van der Waals surface area contributed by atoms with Gasteiger partial charge in [-0.15, -0.1) is 0 Å². The number of nitrogens with one attached hydrogen (secondary N) is 1. The first-order valence-electron chi connectivity index (χ1n) is 6.70. The number of ether oxygens (including phenoxy) is 1. The number of hydrogen-bond donors (Lipinski definition) is 1. The maximum Gasteiger partial charge on any atom is 0.264 e. The fourth-order valence-corrected chi connectivity index (χ4v) is 3.83. The maximum absolute atomic E-state index is 12.6. The molecule has 1 heterocycles. The summed E-state index contributed by atoms with van der Waals surface area (Å²) in [6.45, 7) is 0. The van der Waals surface area contributed by atoms with E-state index in [9.17, 15) is 8.42 Å². The van der Waals surface area contributed by atoms with Crippen LogP contribution in [0.1, 0.15) is 0 Å². The van der Waals surface area contributed by atoms with E-state index >= 15 is 0 Å². The van der Waals surface area contributed by atoms with E-state index in [1.165, 1.54) is 25.3 Å². The first-order chi connectivity index (χ1) is 11.4. The molecule has 1 N–H and O–H groups in total. The van der Waals surface area contributed by atoms with Crippen LogP contribution in [0.2, 0.25) is 10.0 Å². The SMILES string of the molecule is COc1nc2ccccc2nc1NS(=O)(=O)c1cccc(Cl)c1Cl. The quantitative estimate of drug-likeness (QED) is 0.741. The molecule has 0 fully saturated rings. The van der Waals surface area contributed by atoms with Crippen LogP contribution in [-0.4, -0.2) is 25.5 Å². The van der Waals surface area contributed by atoms with Crippen LogP contribution in [-0.2, 0) is 10.0 Å². The Bertz CT molecular complexity index is 1030. The van der Waals surface area contributed by atoms with Crippen molar-refractivity contribution < 1.29 is 13.2 Å². The number of rotatable bonds is 4. The number of sulfonamides is 1. The molecule has 0 aliphatic carbocycles. The fourth-order valence-electron chi connectivity index (χ4n) is 2.07. The highest BCUT2D eigenvalue weighted by Gasteiger charge is 2.22. The Morgan fingerprint density at radius 1 is 1.00 bits per heavy atom. The average molecular weight is 384 g/mol. The fraction of sp³-hybridized carbons (Fsp3) is 0.0667. The van der Waals surface area contributed by atoms with Gasteiger partial charge >= 0.3 is 0 Å². The van der Waals surface area contributed by atoms with Gasteiger partial charge in [0.05, 0.1) is 28.2 Å². The topological polar surface area (TPSA) is 81.2 Å². The van der Waals surface area contributed by atoms with Crippen molar-refractivity contribution in [2.75, 3.05) is 11.8 Å². The molecule has 0 aliphatic heterocycles. The number of hydrogen-bond acceptors (Lipinski definition) is 5. The number of aromatic nitrogens is 2. The van der Waals surface area contributed by atoms with Gasteiger partial charge in [0.2, 0.25) is 5.82 Å². The van der Waals surface area contributed by atoms with E-state index in [0.29, 0.717) is 11.0 Å². The third kappa shape index (κ3) is 3.10. The summed E-state index contributed by atoms with van der Waals surface area (Å²) in [5.41, 5.74) is 1.10.